The first-order valence-electron chi connectivity index (χ1n) is 12.7. The minimum absolute atomic E-state index is 0.0750. The molecule has 6 N–H and O–H groups in total. The van der Waals surface area contributed by atoms with Crippen LogP contribution >= 0.6 is 38.5 Å². The number of aliphatic hydroxyl groups excluding tert-OH is 2. The summed E-state index contributed by atoms with van der Waals surface area (Å²) < 4.78 is 70.4. The highest BCUT2D eigenvalue weighted by Gasteiger charge is 2.51. The van der Waals surface area contributed by atoms with Crippen molar-refractivity contribution in [2.45, 2.75) is 49.1 Å². The quantitative estimate of drug-likeness (QED) is 0.0755. The molecule has 2 aliphatic heterocycles. The van der Waals surface area contributed by atoms with E-state index in [4.69, 9.17) is 28.8 Å². The predicted molar refractivity (Wildman–Crippen MR) is 155 cm³/mol. The van der Waals surface area contributed by atoms with E-state index in [-0.39, 0.29) is 28.3 Å². The summed E-state index contributed by atoms with van der Waals surface area (Å²) in [5.74, 6) is -0.254. The van der Waals surface area contributed by atoms with Crippen LogP contribution in [-0.4, -0.2) is 105 Å². The van der Waals surface area contributed by atoms with Crippen molar-refractivity contribution < 1.29 is 46.8 Å². The summed E-state index contributed by atoms with van der Waals surface area (Å²) in [6.45, 7) is -5.93. The number of aliphatic hydroxyl groups is 2. The van der Waals surface area contributed by atoms with Crippen molar-refractivity contribution in [1.29, 1.82) is 0 Å². The molecule has 0 spiro atoms. The normalized spacial score (nSPS) is 30.7. The van der Waals surface area contributed by atoms with E-state index in [1.165, 1.54) is 4.57 Å². The third-order valence-corrected chi connectivity index (χ3v) is 9.29. The molecule has 6 heterocycles. The smallest absolute Gasteiger partial charge is 0.386 e. The topological polar surface area (TPSA) is 287 Å². The first-order valence-corrected chi connectivity index (χ1v) is 18.0. The molecule has 0 saturated carbocycles. The van der Waals surface area contributed by atoms with Crippen LogP contribution in [0.25, 0.3) is 22.3 Å². The zero-order chi connectivity index (χ0) is 32.2. The number of nitrogen functional groups attached to an aromatic ring is 1. The number of fused-ring (bicyclic) bond motifs is 2. The molecule has 10 atom stereocenters. The molecule has 244 valence electrons. The Morgan fingerprint density at radius 2 is 1.91 bits per heavy atom. The van der Waals surface area contributed by atoms with Crippen LogP contribution in [0.15, 0.2) is 22.2 Å². The van der Waals surface area contributed by atoms with Gasteiger partial charge in [-0.1, -0.05) is 29.7 Å². The number of rotatable bonds is 10. The first kappa shape index (κ1) is 32.2. The summed E-state index contributed by atoms with van der Waals surface area (Å²) in [4.78, 5) is 40.8. The molecule has 0 amide bonds. The number of thiol groups is 2. The molecule has 0 aromatic carbocycles. The van der Waals surface area contributed by atoms with E-state index in [9.17, 15) is 28.9 Å². The van der Waals surface area contributed by atoms with Gasteiger partial charge in [-0.3, -0.25) is 32.8 Å². The first-order chi connectivity index (χ1) is 21.4. The van der Waals surface area contributed by atoms with Crippen molar-refractivity contribution in [3.8, 4) is 0 Å². The predicted octanol–water partition coefficient (Wildman–Crippen LogP) is -1.14. The maximum atomic E-state index is 15.6. The summed E-state index contributed by atoms with van der Waals surface area (Å²) >= 11 is 7.68. The van der Waals surface area contributed by atoms with Crippen molar-refractivity contribution in [3.63, 3.8) is 0 Å². The zero-order valence-electron chi connectivity index (χ0n) is 22.2. The monoisotopic (exact) mass is 712 g/mol. The number of aromatic nitrogens is 9. The molecule has 4 aromatic rings. The fraction of sp³-hybridized carbons (Fsp3) is 0.526. The number of alkyl halides is 1. The maximum absolute atomic E-state index is 15.6. The van der Waals surface area contributed by atoms with Crippen molar-refractivity contribution in [1.82, 2.24) is 44.5 Å². The number of hydrogen-bond donors (Lipinski definition) is 7. The number of nitrogens with zero attached hydrogens (tertiary/aromatic N) is 7. The Balaban J connectivity index is 1.23. The Hall–Kier alpha value is -2.76. The van der Waals surface area contributed by atoms with Crippen LogP contribution in [0.2, 0.25) is 0 Å². The second kappa shape index (κ2) is 12.4. The number of halogens is 1. The molecule has 6 rings (SSSR count). The molecule has 21 nitrogen and oxygen atoms in total. The van der Waals surface area contributed by atoms with Gasteiger partial charge < -0.3 is 34.9 Å². The Morgan fingerprint density at radius 1 is 1.16 bits per heavy atom. The van der Waals surface area contributed by atoms with Gasteiger partial charge in [0.05, 0.1) is 25.9 Å². The van der Waals surface area contributed by atoms with E-state index < -0.39 is 87.5 Å². The Labute approximate surface area is 259 Å². The lowest BCUT2D eigenvalue weighted by atomic mass is 10.1. The third kappa shape index (κ3) is 6.07. The molecule has 26 heteroatoms. The van der Waals surface area contributed by atoms with Crippen LogP contribution < -0.4 is 16.9 Å². The minimum atomic E-state index is -4.51. The van der Waals surface area contributed by atoms with E-state index in [1.807, 2.05) is 0 Å². The molecule has 2 unspecified atom stereocenters. The minimum Gasteiger partial charge on any atom is -0.394 e. The molecule has 4 aromatic heterocycles. The Morgan fingerprint density at radius 3 is 2.64 bits per heavy atom. The molecule has 0 radical (unpaired) electrons. The van der Waals surface area contributed by atoms with Gasteiger partial charge >= 0.3 is 6.80 Å². The van der Waals surface area contributed by atoms with Gasteiger partial charge in [-0.2, -0.15) is 9.67 Å². The molecule has 2 fully saturated rings. The van der Waals surface area contributed by atoms with Gasteiger partial charge in [0, 0.05) is 0 Å². The summed E-state index contributed by atoms with van der Waals surface area (Å²) in [5, 5.41) is 28.0. The number of imidazole rings is 1. The number of hydrogen-bond acceptors (Lipinski definition) is 17. The lowest BCUT2D eigenvalue weighted by Gasteiger charge is -2.26. The molecule has 2 saturated heterocycles. The van der Waals surface area contributed by atoms with Gasteiger partial charge in [0.15, 0.2) is 41.0 Å². The summed E-state index contributed by atoms with van der Waals surface area (Å²) in [7, 11) is -3.05. The number of nitrogens with one attached hydrogen (secondary N) is 2. The van der Waals surface area contributed by atoms with Crippen molar-refractivity contribution in [2.75, 3.05) is 18.9 Å². The van der Waals surface area contributed by atoms with Gasteiger partial charge in [0.25, 0.3) is 11.1 Å². The fourth-order valence-electron chi connectivity index (χ4n) is 4.92. The van der Waals surface area contributed by atoms with Gasteiger partial charge in [-0.05, 0) is 0 Å². The van der Waals surface area contributed by atoms with Crippen LogP contribution in [0.5, 0.6) is 0 Å². The van der Waals surface area contributed by atoms with Crippen LogP contribution in [0.1, 0.15) is 12.5 Å². The standard InChI is InChI=1S/C19H23FN10O11P2S2/c20-7-11(40-42(35)44)6(39-17(7)30-13-9(27-28-30)15(33)23-3-22-13)2-37-43(36,45)41-12-10(32)5(1-31)38-18(12)29-4-24-8-14(29)25-19(21)26-16(8)34/h3-7,10-12,17-18,31-32,42H,1-2H2,(H,35,44)(H,36,45)(H,22,23,33)(H3,21,25,26,34)/t5-,6-,7+,10-,11-,12-,17-,18-,43?/m1/s1. The Kier molecular flexibility index (Phi) is 8.91. The largest absolute Gasteiger partial charge is 0.394 e. The number of anilines is 1. The summed E-state index contributed by atoms with van der Waals surface area (Å²) in [5.41, 5.74) is 3.79. The lowest BCUT2D eigenvalue weighted by molar-refractivity contribution is -0.0542. The lowest BCUT2D eigenvalue weighted by Crippen LogP contribution is -2.35. The number of ether oxygens (including phenoxy) is 2. The highest BCUT2D eigenvalue weighted by atomic mass is 32.7. The van der Waals surface area contributed by atoms with Crippen molar-refractivity contribution in [2.24, 2.45) is 0 Å². The average molecular weight is 713 g/mol. The van der Waals surface area contributed by atoms with E-state index in [0.29, 0.717) is 0 Å². The molecule has 45 heavy (non-hydrogen) atoms. The third-order valence-electron chi connectivity index (χ3n) is 6.89. The van der Waals surface area contributed by atoms with E-state index in [0.717, 1.165) is 17.3 Å². The van der Waals surface area contributed by atoms with Crippen molar-refractivity contribution >= 4 is 66.8 Å². The van der Waals surface area contributed by atoms with Crippen LogP contribution in [0, 0.1) is 0 Å². The van der Waals surface area contributed by atoms with Crippen LogP contribution in [-0.2, 0) is 32.2 Å². The van der Waals surface area contributed by atoms with Gasteiger partial charge in [-0.25, -0.2) is 18.9 Å². The summed E-state index contributed by atoms with van der Waals surface area (Å²) in [6.07, 6.45) is -10.3. The van der Waals surface area contributed by atoms with Crippen LogP contribution in [0.4, 0.5) is 10.3 Å². The van der Waals surface area contributed by atoms with Gasteiger partial charge in [-0.15, -0.1) is 5.10 Å². The van der Waals surface area contributed by atoms with E-state index in [1.54, 1.807) is 0 Å². The zero-order valence-corrected chi connectivity index (χ0v) is 25.9. The van der Waals surface area contributed by atoms with Crippen LogP contribution in [0.3, 0.4) is 0 Å². The molecule has 2 aliphatic rings. The molecular formula is C19H23FN10O11P2S2. The van der Waals surface area contributed by atoms with E-state index in [2.05, 4.69) is 59.7 Å². The SMILES string of the molecule is Nc1nc2c(ncn2[C@@H]2O[C@H](CO)[C@@H](O)[C@H]2OP(=O)(S)OC[C@H]2O[C@@H](n3nnc4c(=O)[nH]cnc43)[C@@H](F)[C@@H]2O[PH](=O)S)c(=O)[nH]1. The number of H-pyrrole nitrogens is 2. The fourth-order valence-corrected chi connectivity index (χ4v) is 7.26. The van der Waals surface area contributed by atoms with Crippen molar-refractivity contribution in [3.05, 3.63) is 33.4 Å². The molecular weight excluding hydrogens is 689 g/mol. The average Bonchev–Trinajstić information content (AvgIpc) is 3.73. The molecule has 0 bridgehead atoms. The highest BCUT2D eigenvalue weighted by molar-refractivity contribution is 8.44. The van der Waals surface area contributed by atoms with Gasteiger partial charge in [0.1, 0.15) is 30.5 Å². The van der Waals surface area contributed by atoms with E-state index >= 15 is 4.39 Å². The summed E-state index contributed by atoms with van der Waals surface area (Å²) in [6, 6.07) is 0. The number of nitrogens with two attached hydrogens (primary N) is 1. The number of aromatic amines is 2. The second-order valence-corrected chi connectivity index (χ2v) is 14.4. The Bertz CT molecular complexity index is 1930. The highest BCUT2D eigenvalue weighted by Crippen LogP contribution is 2.57. The second-order valence-electron chi connectivity index (χ2n) is 9.64. The van der Waals surface area contributed by atoms with Gasteiger partial charge in [0.2, 0.25) is 13.2 Å². The maximum Gasteiger partial charge on any atom is 0.386 e. The molecule has 0 aliphatic carbocycles.